The molecule has 0 saturated carbocycles. The summed E-state index contributed by atoms with van der Waals surface area (Å²) in [5, 5.41) is 0.613. The first kappa shape index (κ1) is 23.5. The minimum absolute atomic E-state index is 0.0585. The molecule has 2 amide bonds. The number of anilines is 1. The maximum atomic E-state index is 13.3. The van der Waals surface area contributed by atoms with Crippen LogP contribution in [0.3, 0.4) is 0 Å². The first-order valence-electron chi connectivity index (χ1n) is 12.1. The zero-order chi connectivity index (χ0) is 23.7. The maximum absolute atomic E-state index is 13.3. The number of halogens is 1. The normalized spacial score (nSPS) is 21.1. The molecule has 5 nitrogen and oxygen atoms in total. The molecule has 0 unspecified atom stereocenters. The number of hydrogen-bond acceptors (Lipinski definition) is 4. The number of likely N-dealkylation sites (tertiary alicyclic amines) is 2. The van der Waals surface area contributed by atoms with Crippen molar-refractivity contribution < 1.29 is 9.59 Å². The van der Waals surface area contributed by atoms with Gasteiger partial charge < -0.3 is 14.7 Å². The molecular weight excluding hydrogens is 466 g/mol. The van der Waals surface area contributed by atoms with Crippen molar-refractivity contribution in [2.75, 3.05) is 38.1 Å². The van der Waals surface area contributed by atoms with Gasteiger partial charge in [0.2, 0.25) is 0 Å². The van der Waals surface area contributed by atoms with Crippen LogP contribution in [0.2, 0.25) is 5.02 Å². The molecule has 2 fully saturated rings. The largest absolute Gasteiger partial charge is 0.339 e. The van der Waals surface area contributed by atoms with Crippen molar-refractivity contribution in [3.63, 3.8) is 0 Å². The fourth-order valence-electron chi connectivity index (χ4n) is 5.16. The molecule has 0 radical (unpaired) electrons. The van der Waals surface area contributed by atoms with Gasteiger partial charge in [0.25, 0.3) is 11.8 Å². The number of fused-ring (bicyclic) bond motifs is 1. The van der Waals surface area contributed by atoms with E-state index in [9.17, 15) is 9.59 Å². The quantitative estimate of drug-likeness (QED) is 0.524. The third kappa shape index (κ3) is 4.77. The molecule has 178 valence electrons. The van der Waals surface area contributed by atoms with Crippen LogP contribution in [0.1, 0.15) is 48.0 Å². The van der Waals surface area contributed by atoms with Crippen molar-refractivity contribution in [3.05, 3.63) is 63.5 Å². The Morgan fingerprint density at radius 2 is 1.76 bits per heavy atom. The standard InChI is InChI=1S/C27H30ClN3O2S/c1-29-23-17-20(26(32)31-15-11-21(12-16-31)30-13-5-2-6-14-30)9-10-24(23)34-25(27(29)33)18-19-7-3-4-8-22(19)28/h3-4,7-10,17-18,21H,2,5-6,11-16H2,1H3. The number of carbonyl (C=O) groups excluding carboxylic acids is 2. The third-order valence-corrected chi connectivity index (χ3v) is 8.57. The molecular formula is C27H30ClN3O2S. The minimum atomic E-state index is -0.0932. The lowest BCUT2D eigenvalue weighted by Gasteiger charge is -2.40. The molecule has 3 aliphatic heterocycles. The number of hydrogen-bond donors (Lipinski definition) is 0. The molecule has 7 heteroatoms. The van der Waals surface area contributed by atoms with Gasteiger partial charge in [0, 0.05) is 41.7 Å². The van der Waals surface area contributed by atoms with E-state index in [1.807, 2.05) is 53.4 Å². The first-order valence-corrected chi connectivity index (χ1v) is 13.3. The summed E-state index contributed by atoms with van der Waals surface area (Å²) in [4.78, 5) is 34.1. The van der Waals surface area contributed by atoms with E-state index in [1.54, 1.807) is 11.9 Å². The topological polar surface area (TPSA) is 43.9 Å². The second-order valence-corrected chi connectivity index (χ2v) is 10.8. The SMILES string of the molecule is CN1C(=O)C(=Cc2ccccc2Cl)Sc2ccc(C(=O)N3CCC(N4CCCCC4)CC3)cc21. The van der Waals surface area contributed by atoms with E-state index in [2.05, 4.69) is 4.90 Å². The molecule has 3 aliphatic rings. The highest BCUT2D eigenvalue weighted by atomic mass is 35.5. The Morgan fingerprint density at radius 3 is 2.50 bits per heavy atom. The molecule has 0 atom stereocenters. The number of thioether (sulfide) groups is 1. The number of carbonyl (C=O) groups is 2. The van der Waals surface area contributed by atoms with Crippen LogP contribution in [0.5, 0.6) is 0 Å². The number of rotatable bonds is 3. The number of likely N-dealkylation sites (N-methyl/N-ethyl adjacent to an activating group) is 1. The first-order chi connectivity index (χ1) is 16.5. The van der Waals surface area contributed by atoms with Gasteiger partial charge in [0.1, 0.15) is 0 Å². The zero-order valence-corrected chi connectivity index (χ0v) is 21.1. The molecule has 2 aromatic carbocycles. The number of amides is 2. The van der Waals surface area contributed by atoms with Crippen LogP contribution in [0, 0.1) is 0 Å². The van der Waals surface area contributed by atoms with Gasteiger partial charge in [-0.25, -0.2) is 0 Å². The van der Waals surface area contributed by atoms with Crippen LogP contribution in [0.25, 0.3) is 6.08 Å². The van der Waals surface area contributed by atoms with Gasteiger partial charge in [-0.1, -0.05) is 48.0 Å². The molecule has 0 aliphatic carbocycles. The molecule has 34 heavy (non-hydrogen) atoms. The lowest BCUT2D eigenvalue weighted by molar-refractivity contribution is -0.114. The van der Waals surface area contributed by atoms with Crippen molar-refractivity contribution in [3.8, 4) is 0 Å². The van der Waals surface area contributed by atoms with Crippen molar-refractivity contribution in [1.29, 1.82) is 0 Å². The average Bonchev–Trinajstić information content (AvgIpc) is 2.88. The van der Waals surface area contributed by atoms with Crippen LogP contribution in [0.4, 0.5) is 5.69 Å². The Balaban J connectivity index is 1.29. The lowest BCUT2D eigenvalue weighted by Crippen LogP contribution is -2.48. The van der Waals surface area contributed by atoms with Crippen LogP contribution in [-0.4, -0.2) is 60.9 Å². The maximum Gasteiger partial charge on any atom is 0.264 e. The van der Waals surface area contributed by atoms with E-state index in [0.29, 0.717) is 21.5 Å². The molecule has 2 aromatic rings. The van der Waals surface area contributed by atoms with Gasteiger partial charge in [-0.3, -0.25) is 9.59 Å². The van der Waals surface area contributed by atoms with E-state index < -0.39 is 0 Å². The van der Waals surface area contributed by atoms with E-state index in [4.69, 9.17) is 11.6 Å². The summed E-state index contributed by atoms with van der Waals surface area (Å²) in [7, 11) is 1.76. The van der Waals surface area contributed by atoms with Crippen LogP contribution in [0.15, 0.2) is 52.3 Å². The number of piperidine rings is 2. The smallest absolute Gasteiger partial charge is 0.264 e. The fraction of sp³-hybridized carbons (Fsp3) is 0.407. The molecule has 0 aromatic heterocycles. The second-order valence-electron chi connectivity index (χ2n) is 9.30. The zero-order valence-electron chi connectivity index (χ0n) is 19.5. The van der Waals surface area contributed by atoms with Gasteiger partial charge in [-0.05, 0) is 74.7 Å². The second kappa shape index (κ2) is 10.1. The monoisotopic (exact) mass is 495 g/mol. The van der Waals surface area contributed by atoms with Gasteiger partial charge in [0.15, 0.2) is 0 Å². The average molecular weight is 496 g/mol. The van der Waals surface area contributed by atoms with E-state index in [0.717, 1.165) is 42.1 Å². The van der Waals surface area contributed by atoms with E-state index in [-0.39, 0.29) is 11.8 Å². The van der Waals surface area contributed by atoms with Crippen LogP contribution >= 0.6 is 23.4 Å². The van der Waals surface area contributed by atoms with Crippen molar-refractivity contribution >= 4 is 46.9 Å². The van der Waals surface area contributed by atoms with Crippen molar-refractivity contribution in [2.24, 2.45) is 0 Å². The molecule has 3 heterocycles. The summed E-state index contributed by atoms with van der Waals surface area (Å²) in [6.07, 6.45) is 7.86. The Hall–Kier alpha value is -2.28. The summed E-state index contributed by atoms with van der Waals surface area (Å²) >= 11 is 7.71. The minimum Gasteiger partial charge on any atom is -0.339 e. The highest BCUT2D eigenvalue weighted by Gasteiger charge is 2.30. The number of nitrogens with zero attached hydrogens (tertiary/aromatic N) is 3. The summed E-state index contributed by atoms with van der Waals surface area (Å²) in [6.45, 7) is 4.00. The summed E-state index contributed by atoms with van der Waals surface area (Å²) in [5.74, 6) is -0.0347. The molecule has 5 rings (SSSR count). The van der Waals surface area contributed by atoms with Gasteiger partial charge in [-0.2, -0.15) is 0 Å². The Kier molecular flexibility index (Phi) is 7.00. The third-order valence-electron chi connectivity index (χ3n) is 7.15. The Morgan fingerprint density at radius 1 is 1.03 bits per heavy atom. The lowest BCUT2D eigenvalue weighted by atomic mass is 9.99. The van der Waals surface area contributed by atoms with E-state index in [1.165, 1.54) is 44.1 Å². The van der Waals surface area contributed by atoms with Crippen molar-refractivity contribution in [1.82, 2.24) is 9.80 Å². The molecule has 0 bridgehead atoms. The fourth-order valence-corrected chi connectivity index (χ4v) is 6.43. The van der Waals surface area contributed by atoms with Gasteiger partial charge in [0.05, 0.1) is 10.6 Å². The highest BCUT2D eigenvalue weighted by Crippen LogP contribution is 2.42. The van der Waals surface area contributed by atoms with Crippen LogP contribution < -0.4 is 4.90 Å². The van der Waals surface area contributed by atoms with E-state index >= 15 is 0 Å². The highest BCUT2D eigenvalue weighted by molar-refractivity contribution is 8.04. The molecule has 2 saturated heterocycles. The van der Waals surface area contributed by atoms with Crippen LogP contribution in [-0.2, 0) is 4.79 Å². The molecule has 0 spiro atoms. The van der Waals surface area contributed by atoms with Gasteiger partial charge >= 0.3 is 0 Å². The number of benzene rings is 2. The summed E-state index contributed by atoms with van der Waals surface area (Å²) in [6, 6.07) is 13.8. The predicted molar refractivity (Wildman–Crippen MR) is 139 cm³/mol. The summed E-state index contributed by atoms with van der Waals surface area (Å²) < 4.78 is 0. The van der Waals surface area contributed by atoms with Gasteiger partial charge in [-0.15, -0.1) is 0 Å². The Labute approximate surface area is 210 Å². The van der Waals surface area contributed by atoms with Crippen molar-refractivity contribution in [2.45, 2.75) is 43.0 Å². The molecule has 0 N–H and O–H groups in total. The Bertz CT molecular complexity index is 1120. The summed E-state index contributed by atoms with van der Waals surface area (Å²) in [5.41, 5.74) is 2.24. The predicted octanol–water partition coefficient (Wildman–Crippen LogP) is 5.54.